The number of carbonyl (C=O) groups excluding carboxylic acids is 2. The van der Waals surface area contributed by atoms with E-state index in [1.165, 1.54) is 0 Å². The standard InChI is InChI=1S/C11H20N2O3/c14-9-5-1-2-6-12-10(15)11(16)13-7-3-4-8-13/h14H,1-9H2,(H,12,15). The largest absolute Gasteiger partial charge is 0.396 e. The highest BCUT2D eigenvalue weighted by Crippen LogP contribution is 2.07. The Bertz CT molecular complexity index is 237. The van der Waals surface area contributed by atoms with Crippen molar-refractivity contribution in [1.82, 2.24) is 10.2 Å². The predicted molar refractivity (Wildman–Crippen MR) is 59.8 cm³/mol. The maximum Gasteiger partial charge on any atom is 0.311 e. The molecule has 0 bridgehead atoms. The van der Waals surface area contributed by atoms with Crippen molar-refractivity contribution in [3.63, 3.8) is 0 Å². The maximum atomic E-state index is 11.5. The number of rotatable bonds is 5. The summed E-state index contributed by atoms with van der Waals surface area (Å²) in [7, 11) is 0. The van der Waals surface area contributed by atoms with Gasteiger partial charge in [0.1, 0.15) is 0 Å². The summed E-state index contributed by atoms with van der Waals surface area (Å²) in [6.45, 7) is 2.10. The third-order valence-electron chi connectivity index (χ3n) is 2.71. The highest BCUT2D eigenvalue weighted by atomic mass is 16.3. The van der Waals surface area contributed by atoms with Gasteiger partial charge >= 0.3 is 11.8 Å². The van der Waals surface area contributed by atoms with Crippen LogP contribution in [-0.4, -0.2) is 48.1 Å². The van der Waals surface area contributed by atoms with Crippen molar-refractivity contribution < 1.29 is 14.7 Å². The Kier molecular flexibility index (Phi) is 5.85. The fraction of sp³-hybridized carbons (Fsp3) is 0.818. The third-order valence-corrected chi connectivity index (χ3v) is 2.71. The van der Waals surface area contributed by atoms with Crippen LogP contribution in [0.3, 0.4) is 0 Å². The van der Waals surface area contributed by atoms with Crippen LogP contribution in [0.15, 0.2) is 0 Å². The highest BCUT2D eigenvalue weighted by molar-refractivity contribution is 6.35. The van der Waals surface area contributed by atoms with Crippen LogP contribution in [0, 0.1) is 0 Å². The SMILES string of the molecule is O=C(NCCCCCO)C(=O)N1CCCC1. The first-order chi connectivity index (χ1) is 7.75. The van der Waals surface area contributed by atoms with E-state index in [1.807, 2.05) is 0 Å². The van der Waals surface area contributed by atoms with Gasteiger partial charge in [-0.05, 0) is 32.1 Å². The Morgan fingerprint density at radius 2 is 1.81 bits per heavy atom. The van der Waals surface area contributed by atoms with Crippen molar-refractivity contribution in [2.24, 2.45) is 0 Å². The van der Waals surface area contributed by atoms with Crippen LogP contribution >= 0.6 is 0 Å². The average Bonchev–Trinajstić information content (AvgIpc) is 2.81. The van der Waals surface area contributed by atoms with Gasteiger partial charge in [-0.2, -0.15) is 0 Å². The first-order valence-corrected chi connectivity index (χ1v) is 5.93. The molecule has 0 saturated carbocycles. The number of hydrogen-bond donors (Lipinski definition) is 2. The summed E-state index contributed by atoms with van der Waals surface area (Å²) in [6.07, 6.45) is 4.41. The second-order valence-electron chi connectivity index (χ2n) is 4.04. The van der Waals surface area contributed by atoms with Gasteiger partial charge in [0.15, 0.2) is 0 Å². The summed E-state index contributed by atoms with van der Waals surface area (Å²) in [4.78, 5) is 24.6. The van der Waals surface area contributed by atoms with Gasteiger partial charge in [0.25, 0.3) is 0 Å². The summed E-state index contributed by atoms with van der Waals surface area (Å²) in [5.74, 6) is -0.898. The van der Waals surface area contributed by atoms with Gasteiger partial charge in [0.2, 0.25) is 0 Å². The van der Waals surface area contributed by atoms with Crippen molar-refractivity contribution in [2.45, 2.75) is 32.1 Å². The minimum absolute atomic E-state index is 0.181. The van der Waals surface area contributed by atoms with Gasteiger partial charge in [0, 0.05) is 26.2 Å². The fourth-order valence-electron chi connectivity index (χ4n) is 1.75. The zero-order valence-electron chi connectivity index (χ0n) is 9.57. The van der Waals surface area contributed by atoms with E-state index in [0.717, 1.165) is 32.1 Å². The van der Waals surface area contributed by atoms with Crippen LogP contribution in [0.2, 0.25) is 0 Å². The van der Waals surface area contributed by atoms with Gasteiger partial charge < -0.3 is 15.3 Å². The second kappa shape index (κ2) is 7.22. The number of carbonyl (C=O) groups is 2. The molecule has 0 atom stereocenters. The zero-order chi connectivity index (χ0) is 11.8. The number of likely N-dealkylation sites (tertiary alicyclic amines) is 1. The van der Waals surface area contributed by atoms with E-state index in [2.05, 4.69) is 5.32 Å². The predicted octanol–water partition coefficient (Wildman–Crippen LogP) is -0.112. The molecule has 1 fully saturated rings. The second-order valence-corrected chi connectivity index (χ2v) is 4.04. The van der Waals surface area contributed by atoms with Crippen LogP contribution < -0.4 is 5.32 Å². The monoisotopic (exact) mass is 228 g/mol. The minimum atomic E-state index is -0.495. The molecule has 92 valence electrons. The van der Waals surface area contributed by atoms with E-state index < -0.39 is 11.8 Å². The Labute approximate surface area is 95.8 Å². The smallest absolute Gasteiger partial charge is 0.311 e. The van der Waals surface area contributed by atoms with Gasteiger partial charge in [0.05, 0.1) is 0 Å². The van der Waals surface area contributed by atoms with E-state index in [-0.39, 0.29) is 6.61 Å². The van der Waals surface area contributed by atoms with Crippen molar-refractivity contribution in [2.75, 3.05) is 26.2 Å². The Hall–Kier alpha value is -1.10. The molecule has 2 N–H and O–H groups in total. The van der Waals surface area contributed by atoms with E-state index >= 15 is 0 Å². The molecule has 1 rings (SSSR count). The van der Waals surface area contributed by atoms with Crippen molar-refractivity contribution in [3.05, 3.63) is 0 Å². The van der Waals surface area contributed by atoms with E-state index in [1.54, 1.807) is 4.90 Å². The average molecular weight is 228 g/mol. The molecule has 0 aromatic rings. The summed E-state index contributed by atoms with van der Waals surface area (Å²) >= 11 is 0. The number of amides is 2. The number of aliphatic hydroxyl groups excluding tert-OH is 1. The molecule has 0 spiro atoms. The molecule has 1 heterocycles. The molecule has 0 aromatic heterocycles. The molecule has 1 aliphatic heterocycles. The number of unbranched alkanes of at least 4 members (excludes halogenated alkanes) is 2. The lowest BCUT2D eigenvalue weighted by molar-refractivity contribution is -0.145. The molecular weight excluding hydrogens is 208 g/mol. The first kappa shape index (κ1) is 13.0. The zero-order valence-corrected chi connectivity index (χ0v) is 9.57. The van der Waals surface area contributed by atoms with E-state index in [0.29, 0.717) is 19.6 Å². The fourth-order valence-corrected chi connectivity index (χ4v) is 1.75. The van der Waals surface area contributed by atoms with Crippen LogP contribution in [0.5, 0.6) is 0 Å². The summed E-state index contributed by atoms with van der Waals surface area (Å²) in [6, 6.07) is 0. The molecule has 0 aromatic carbocycles. The van der Waals surface area contributed by atoms with Gasteiger partial charge in [-0.3, -0.25) is 9.59 Å². The van der Waals surface area contributed by atoms with Crippen LogP contribution in [0.1, 0.15) is 32.1 Å². The molecule has 5 nitrogen and oxygen atoms in total. The Balaban J connectivity index is 2.11. The van der Waals surface area contributed by atoms with Crippen molar-refractivity contribution in [3.8, 4) is 0 Å². The summed E-state index contributed by atoms with van der Waals surface area (Å²) in [5, 5.41) is 11.2. The van der Waals surface area contributed by atoms with Crippen LogP contribution in [0.25, 0.3) is 0 Å². The van der Waals surface area contributed by atoms with Gasteiger partial charge in [-0.1, -0.05) is 0 Å². The minimum Gasteiger partial charge on any atom is -0.396 e. The first-order valence-electron chi connectivity index (χ1n) is 5.93. The molecule has 0 unspecified atom stereocenters. The molecule has 0 radical (unpaired) electrons. The maximum absolute atomic E-state index is 11.5. The highest BCUT2D eigenvalue weighted by Gasteiger charge is 2.23. The molecule has 16 heavy (non-hydrogen) atoms. The molecule has 1 saturated heterocycles. The van der Waals surface area contributed by atoms with Gasteiger partial charge in [-0.25, -0.2) is 0 Å². The lowest BCUT2D eigenvalue weighted by Gasteiger charge is -2.14. The number of nitrogens with one attached hydrogen (secondary N) is 1. The number of nitrogens with zero attached hydrogens (tertiary/aromatic N) is 1. The molecule has 2 amide bonds. The number of hydrogen-bond acceptors (Lipinski definition) is 3. The molecule has 1 aliphatic rings. The molecular formula is C11H20N2O3. The summed E-state index contributed by atoms with van der Waals surface area (Å²) < 4.78 is 0. The number of aliphatic hydroxyl groups is 1. The molecule has 0 aliphatic carbocycles. The summed E-state index contributed by atoms with van der Waals surface area (Å²) in [5.41, 5.74) is 0. The van der Waals surface area contributed by atoms with Crippen molar-refractivity contribution in [1.29, 1.82) is 0 Å². The Morgan fingerprint density at radius 1 is 1.12 bits per heavy atom. The third kappa shape index (κ3) is 4.18. The van der Waals surface area contributed by atoms with Crippen molar-refractivity contribution >= 4 is 11.8 Å². The van der Waals surface area contributed by atoms with Crippen LogP contribution in [-0.2, 0) is 9.59 Å². The van der Waals surface area contributed by atoms with Crippen LogP contribution in [0.4, 0.5) is 0 Å². The Morgan fingerprint density at radius 3 is 2.44 bits per heavy atom. The normalized spacial score (nSPS) is 15.2. The van der Waals surface area contributed by atoms with E-state index in [9.17, 15) is 9.59 Å². The molecule has 5 heteroatoms. The van der Waals surface area contributed by atoms with E-state index in [4.69, 9.17) is 5.11 Å². The lowest BCUT2D eigenvalue weighted by atomic mass is 10.2. The quantitative estimate of drug-likeness (QED) is 0.509. The van der Waals surface area contributed by atoms with Gasteiger partial charge in [-0.15, -0.1) is 0 Å². The topological polar surface area (TPSA) is 69.6 Å². The lowest BCUT2D eigenvalue weighted by Crippen LogP contribution is -2.41.